The lowest BCUT2D eigenvalue weighted by Crippen LogP contribution is -2.48. The number of nitrogens with zero attached hydrogens (tertiary/aromatic N) is 1. The maximum atomic E-state index is 11.9. The lowest BCUT2D eigenvalue weighted by atomic mass is 9.85. The Bertz CT molecular complexity index is 533. The first-order valence-electron chi connectivity index (χ1n) is 7.98. The van der Waals surface area contributed by atoms with Gasteiger partial charge in [-0.05, 0) is 24.8 Å². The number of benzene rings is 1. The van der Waals surface area contributed by atoms with E-state index >= 15 is 0 Å². The second kappa shape index (κ2) is 8.47. The Morgan fingerprint density at radius 1 is 1.26 bits per heavy atom. The summed E-state index contributed by atoms with van der Waals surface area (Å²) >= 11 is 0. The number of hydrogen-bond acceptors (Lipinski definition) is 4. The van der Waals surface area contributed by atoms with E-state index in [2.05, 4.69) is 10.6 Å². The van der Waals surface area contributed by atoms with Gasteiger partial charge in [0.15, 0.2) is 0 Å². The SMILES string of the molecule is O=C(NCCc1ccc([N+](=O)[O-])cc1)N[C@H]1CCCC[C@@H]1CO. The molecule has 1 saturated carbocycles. The Morgan fingerprint density at radius 3 is 2.61 bits per heavy atom. The van der Waals surface area contributed by atoms with E-state index in [-0.39, 0.29) is 30.3 Å². The molecule has 1 aliphatic carbocycles. The van der Waals surface area contributed by atoms with E-state index in [1.54, 1.807) is 12.1 Å². The van der Waals surface area contributed by atoms with Crippen molar-refractivity contribution < 1.29 is 14.8 Å². The average Bonchev–Trinajstić information content (AvgIpc) is 2.56. The molecule has 0 unspecified atom stereocenters. The molecule has 3 N–H and O–H groups in total. The fourth-order valence-electron chi connectivity index (χ4n) is 2.94. The average molecular weight is 321 g/mol. The zero-order valence-electron chi connectivity index (χ0n) is 13.0. The Hall–Kier alpha value is -2.15. The van der Waals surface area contributed by atoms with Gasteiger partial charge in [-0.15, -0.1) is 0 Å². The van der Waals surface area contributed by atoms with Gasteiger partial charge in [0.25, 0.3) is 5.69 Å². The van der Waals surface area contributed by atoms with Gasteiger partial charge in [-0.25, -0.2) is 4.79 Å². The summed E-state index contributed by atoms with van der Waals surface area (Å²) in [7, 11) is 0. The van der Waals surface area contributed by atoms with E-state index in [1.807, 2.05) is 0 Å². The molecule has 2 amide bonds. The minimum Gasteiger partial charge on any atom is -0.396 e. The molecule has 1 aliphatic rings. The van der Waals surface area contributed by atoms with Crippen molar-refractivity contribution in [2.24, 2.45) is 5.92 Å². The van der Waals surface area contributed by atoms with Crippen LogP contribution in [-0.2, 0) is 6.42 Å². The van der Waals surface area contributed by atoms with Gasteiger partial charge in [-0.2, -0.15) is 0 Å². The molecule has 1 fully saturated rings. The second-order valence-electron chi connectivity index (χ2n) is 5.91. The zero-order chi connectivity index (χ0) is 16.7. The van der Waals surface area contributed by atoms with Crippen LogP contribution < -0.4 is 10.6 Å². The van der Waals surface area contributed by atoms with Gasteiger partial charge in [0.05, 0.1) is 4.92 Å². The molecular formula is C16H23N3O4. The van der Waals surface area contributed by atoms with Crippen molar-refractivity contribution in [3.8, 4) is 0 Å². The Morgan fingerprint density at radius 2 is 1.96 bits per heavy atom. The highest BCUT2D eigenvalue weighted by molar-refractivity contribution is 5.74. The molecule has 2 rings (SSSR count). The molecule has 0 aliphatic heterocycles. The Labute approximate surface area is 135 Å². The minimum absolute atomic E-state index is 0.0353. The number of amides is 2. The minimum atomic E-state index is -0.433. The number of rotatable bonds is 6. The van der Waals surface area contributed by atoms with Crippen molar-refractivity contribution in [1.29, 1.82) is 0 Å². The van der Waals surface area contributed by atoms with Crippen molar-refractivity contribution in [1.82, 2.24) is 10.6 Å². The molecule has 0 heterocycles. The number of nitro benzene ring substituents is 1. The van der Waals surface area contributed by atoms with Crippen LogP contribution in [0.3, 0.4) is 0 Å². The van der Waals surface area contributed by atoms with Crippen LogP contribution in [0.2, 0.25) is 0 Å². The zero-order valence-corrected chi connectivity index (χ0v) is 13.0. The van der Waals surface area contributed by atoms with Crippen molar-refractivity contribution >= 4 is 11.7 Å². The Kier molecular flexibility index (Phi) is 6.34. The molecule has 0 radical (unpaired) electrons. The number of hydrogen-bond donors (Lipinski definition) is 3. The third-order valence-corrected chi connectivity index (χ3v) is 4.31. The summed E-state index contributed by atoms with van der Waals surface area (Å²) in [6.07, 6.45) is 4.64. The molecule has 0 spiro atoms. The number of carbonyl (C=O) groups excluding carboxylic acids is 1. The number of nitrogens with one attached hydrogen (secondary N) is 2. The van der Waals surface area contributed by atoms with Crippen molar-refractivity contribution in [3.05, 3.63) is 39.9 Å². The summed E-state index contributed by atoms with van der Waals surface area (Å²) < 4.78 is 0. The highest BCUT2D eigenvalue weighted by Gasteiger charge is 2.25. The van der Waals surface area contributed by atoms with Gasteiger partial charge in [0, 0.05) is 37.2 Å². The van der Waals surface area contributed by atoms with Crippen LogP contribution in [0.1, 0.15) is 31.2 Å². The van der Waals surface area contributed by atoms with Gasteiger partial charge < -0.3 is 15.7 Å². The van der Waals surface area contributed by atoms with Crippen LogP contribution in [0.5, 0.6) is 0 Å². The smallest absolute Gasteiger partial charge is 0.315 e. The first-order valence-corrected chi connectivity index (χ1v) is 7.98. The van der Waals surface area contributed by atoms with Gasteiger partial charge in [0.1, 0.15) is 0 Å². The molecule has 1 aromatic carbocycles. The summed E-state index contributed by atoms with van der Waals surface area (Å²) in [5, 5.41) is 25.6. The molecule has 126 valence electrons. The fraction of sp³-hybridized carbons (Fsp3) is 0.562. The maximum absolute atomic E-state index is 11.9. The molecule has 0 bridgehead atoms. The van der Waals surface area contributed by atoms with Gasteiger partial charge in [0.2, 0.25) is 0 Å². The third-order valence-electron chi connectivity index (χ3n) is 4.31. The van der Waals surface area contributed by atoms with Crippen molar-refractivity contribution in [2.75, 3.05) is 13.2 Å². The van der Waals surface area contributed by atoms with Crippen LogP contribution in [0.25, 0.3) is 0 Å². The van der Waals surface area contributed by atoms with Gasteiger partial charge in [-0.1, -0.05) is 25.0 Å². The molecular weight excluding hydrogens is 298 g/mol. The maximum Gasteiger partial charge on any atom is 0.315 e. The van der Waals surface area contributed by atoms with E-state index < -0.39 is 4.92 Å². The molecule has 23 heavy (non-hydrogen) atoms. The van der Waals surface area contributed by atoms with E-state index in [1.165, 1.54) is 12.1 Å². The van der Waals surface area contributed by atoms with Crippen LogP contribution in [-0.4, -0.2) is 35.3 Å². The molecule has 7 heteroatoms. The number of carbonyl (C=O) groups is 1. The highest BCUT2D eigenvalue weighted by Crippen LogP contribution is 2.23. The molecule has 0 saturated heterocycles. The summed E-state index contributed by atoms with van der Waals surface area (Å²) in [6, 6.07) is 6.12. The largest absolute Gasteiger partial charge is 0.396 e. The van der Waals surface area contributed by atoms with Crippen LogP contribution in [0.4, 0.5) is 10.5 Å². The van der Waals surface area contributed by atoms with E-state index in [0.29, 0.717) is 13.0 Å². The molecule has 2 atom stereocenters. The standard InChI is InChI=1S/C16H23N3O4/c20-11-13-3-1-2-4-15(13)18-16(21)17-10-9-12-5-7-14(8-6-12)19(22)23/h5-8,13,15,20H,1-4,9-11H2,(H2,17,18,21)/t13-,15+/m1/s1. The van der Waals surface area contributed by atoms with Crippen LogP contribution in [0.15, 0.2) is 24.3 Å². The number of non-ortho nitro benzene ring substituents is 1. The number of aliphatic hydroxyl groups excluding tert-OH is 1. The molecule has 1 aromatic rings. The number of nitro groups is 1. The summed E-state index contributed by atoms with van der Waals surface area (Å²) in [4.78, 5) is 22.1. The van der Waals surface area contributed by atoms with Crippen LogP contribution in [0, 0.1) is 16.0 Å². The fourth-order valence-corrected chi connectivity index (χ4v) is 2.94. The third kappa shape index (κ3) is 5.21. The summed E-state index contributed by atoms with van der Waals surface area (Å²) in [5.74, 6) is 0.143. The molecule has 0 aromatic heterocycles. The first kappa shape index (κ1) is 17.2. The van der Waals surface area contributed by atoms with E-state index in [9.17, 15) is 20.0 Å². The van der Waals surface area contributed by atoms with Crippen molar-refractivity contribution in [2.45, 2.75) is 38.1 Å². The van der Waals surface area contributed by atoms with E-state index in [4.69, 9.17) is 0 Å². The normalized spacial score (nSPS) is 20.7. The monoisotopic (exact) mass is 321 g/mol. The first-order chi connectivity index (χ1) is 11.1. The lowest BCUT2D eigenvalue weighted by Gasteiger charge is -2.30. The predicted molar refractivity (Wildman–Crippen MR) is 86.2 cm³/mol. The predicted octanol–water partition coefficient (Wildman–Crippen LogP) is 1.99. The number of urea groups is 1. The summed E-state index contributed by atoms with van der Waals surface area (Å²) in [6.45, 7) is 0.563. The Balaban J connectivity index is 1.72. The highest BCUT2D eigenvalue weighted by atomic mass is 16.6. The van der Waals surface area contributed by atoms with Crippen molar-refractivity contribution in [3.63, 3.8) is 0 Å². The van der Waals surface area contributed by atoms with Crippen LogP contribution >= 0.6 is 0 Å². The second-order valence-corrected chi connectivity index (χ2v) is 5.91. The van der Waals surface area contributed by atoms with Gasteiger partial charge >= 0.3 is 6.03 Å². The topological polar surface area (TPSA) is 104 Å². The lowest BCUT2D eigenvalue weighted by molar-refractivity contribution is -0.384. The van der Waals surface area contributed by atoms with E-state index in [0.717, 1.165) is 31.2 Å². The quantitative estimate of drug-likeness (QED) is 0.550. The number of aliphatic hydroxyl groups is 1. The van der Waals surface area contributed by atoms with Gasteiger partial charge in [-0.3, -0.25) is 10.1 Å². The summed E-state index contributed by atoms with van der Waals surface area (Å²) in [5.41, 5.74) is 0.994. The molecule has 7 nitrogen and oxygen atoms in total.